The number of aryl methyl sites for hydroxylation is 1. The first-order valence-corrected chi connectivity index (χ1v) is 7.65. The van der Waals surface area contributed by atoms with E-state index in [0.29, 0.717) is 6.61 Å². The predicted molar refractivity (Wildman–Crippen MR) is 89.5 cm³/mol. The third-order valence-electron chi connectivity index (χ3n) is 4.20. The van der Waals surface area contributed by atoms with Crippen LogP contribution in [0.2, 0.25) is 0 Å². The molecule has 1 aromatic carbocycles. The van der Waals surface area contributed by atoms with Gasteiger partial charge in [0.2, 0.25) is 0 Å². The van der Waals surface area contributed by atoms with Crippen LogP contribution in [0.5, 0.6) is 5.75 Å². The normalized spacial score (nSPS) is 20.7. The summed E-state index contributed by atoms with van der Waals surface area (Å²) in [6.07, 6.45) is 2.14. The topological polar surface area (TPSA) is 32.7 Å². The molecule has 0 spiro atoms. The Bertz CT molecular complexity index is 439. The Labute approximate surface area is 134 Å². The molecule has 2 atom stereocenters. The number of nitrogens with zero attached hydrogens (tertiary/aromatic N) is 1. The fourth-order valence-electron chi connectivity index (χ4n) is 2.87. The molecule has 0 aromatic heterocycles. The molecule has 1 heterocycles. The first-order chi connectivity index (χ1) is 9.56. The zero-order chi connectivity index (χ0) is 14.5. The second-order valence-corrected chi connectivity index (χ2v) is 6.17. The molecular weight excluding hydrogens is 286 g/mol. The van der Waals surface area contributed by atoms with E-state index in [4.69, 9.17) is 4.74 Å². The monoisotopic (exact) mass is 313 g/mol. The van der Waals surface area contributed by atoms with Crippen molar-refractivity contribution < 1.29 is 9.84 Å². The maximum Gasteiger partial charge on any atom is 0.122 e. The van der Waals surface area contributed by atoms with Gasteiger partial charge in [0.1, 0.15) is 18.5 Å². The molecule has 0 aliphatic carbocycles. The Morgan fingerprint density at radius 3 is 2.86 bits per heavy atom. The smallest absolute Gasteiger partial charge is 0.122 e. The SMILES string of the molecule is Cc1cccc(OCC(O)CN2CCCC(C)C2)c1C.Cl. The average molecular weight is 314 g/mol. The molecule has 21 heavy (non-hydrogen) atoms. The van der Waals surface area contributed by atoms with E-state index in [1.54, 1.807) is 0 Å². The summed E-state index contributed by atoms with van der Waals surface area (Å²) < 4.78 is 5.77. The lowest BCUT2D eigenvalue weighted by Gasteiger charge is -2.32. The van der Waals surface area contributed by atoms with E-state index in [-0.39, 0.29) is 12.4 Å². The zero-order valence-electron chi connectivity index (χ0n) is 13.3. The fourth-order valence-corrected chi connectivity index (χ4v) is 2.87. The van der Waals surface area contributed by atoms with Crippen molar-refractivity contribution in [3.63, 3.8) is 0 Å². The first kappa shape index (κ1) is 18.3. The highest BCUT2D eigenvalue weighted by Crippen LogP contribution is 2.21. The molecule has 1 fully saturated rings. The summed E-state index contributed by atoms with van der Waals surface area (Å²) in [5.41, 5.74) is 2.38. The quantitative estimate of drug-likeness (QED) is 0.906. The summed E-state index contributed by atoms with van der Waals surface area (Å²) in [5.74, 6) is 1.63. The minimum absolute atomic E-state index is 0. The van der Waals surface area contributed by atoms with Crippen LogP contribution in [-0.2, 0) is 0 Å². The highest BCUT2D eigenvalue weighted by Gasteiger charge is 2.19. The van der Waals surface area contributed by atoms with E-state index in [0.717, 1.165) is 36.9 Å². The molecule has 0 bridgehead atoms. The zero-order valence-corrected chi connectivity index (χ0v) is 14.2. The highest BCUT2D eigenvalue weighted by atomic mass is 35.5. The summed E-state index contributed by atoms with van der Waals surface area (Å²) in [6, 6.07) is 6.04. The van der Waals surface area contributed by atoms with E-state index in [9.17, 15) is 5.11 Å². The van der Waals surface area contributed by atoms with Gasteiger partial charge in [-0.2, -0.15) is 0 Å². The van der Waals surface area contributed by atoms with Crippen LogP contribution in [0, 0.1) is 19.8 Å². The van der Waals surface area contributed by atoms with Crippen LogP contribution in [0.25, 0.3) is 0 Å². The van der Waals surface area contributed by atoms with E-state index in [1.165, 1.54) is 18.4 Å². The summed E-state index contributed by atoms with van der Waals surface area (Å²) in [6.45, 7) is 9.71. The summed E-state index contributed by atoms with van der Waals surface area (Å²) in [4.78, 5) is 2.35. The molecule has 1 N–H and O–H groups in total. The summed E-state index contributed by atoms with van der Waals surface area (Å²) in [5, 5.41) is 10.1. The fraction of sp³-hybridized carbons (Fsp3) is 0.647. The van der Waals surface area contributed by atoms with Crippen LogP contribution in [0.15, 0.2) is 18.2 Å². The number of halogens is 1. The third kappa shape index (κ3) is 5.50. The predicted octanol–water partition coefficient (Wildman–Crippen LogP) is 3.20. The molecular formula is C17H28ClNO2. The van der Waals surface area contributed by atoms with Gasteiger partial charge >= 0.3 is 0 Å². The number of rotatable bonds is 5. The van der Waals surface area contributed by atoms with Crippen molar-refractivity contribution in [2.45, 2.75) is 39.7 Å². The van der Waals surface area contributed by atoms with Crippen molar-refractivity contribution in [3.8, 4) is 5.75 Å². The standard InChI is InChI=1S/C17H27NO2.ClH/c1-13-6-5-9-18(10-13)11-16(19)12-20-17-8-4-7-14(2)15(17)3;/h4,7-8,13,16,19H,5-6,9-12H2,1-3H3;1H. The number of piperidine rings is 1. The van der Waals surface area contributed by atoms with Gasteiger partial charge in [0, 0.05) is 13.1 Å². The summed E-state index contributed by atoms with van der Waals surface area (Å²) in [7, 11) is 0. The number of β-amino-alcohol motifs (C(OH)–C–C–N with tert-alkyl or cyclic N) is 1. The molecule has 1 aromatic rings. The maximum atomic E-state index is 10.1. The van der Waals surface area contributed by atoms with Crippen LogP contribution >= 0.6 is 12.4 Å². The lowest BCUT2D eigenvalue weighted by molar-refractivity contribution is 0.0535. The molecule has 0 amide bonds. The molecule has 3 nitrogen and oxygen atoms in total. The maximum absolute atomic E-state index is 10.1. The molecule has 0 radical (unpaired) electrons. The molecule has 4 heteroatoms. The van der Waals surface area contributed by atoms with Crippen LogP contribution in [0.3, 0.4) is 0 Å². The van der Waals surface area contributed by atoms with Gasteiger partial charge in [-0.05, 0) is 56.3 Å². The molecule has 1 saturated heterocycles. The molecule has 1 aliphatic rings. The number of hydrogen-bond acceptors (Lipinski definition) is 3. The minimum atomic E-state index is -0.416. The van der Waals surface area contributed by atoms with Gasteiger partial charge in [0.15, 0.2) is 0 Å². The van der Waals surface area contributed by atoms with Gasteiger partial charge < -0.3 is 14.7 Å². The number of benzene rings is 1. The Morgan fingerprint density at radius 1 is 1.38 bits per heavy atom. The minimum Gasteiger partial charge on any atom is -0.491 e. The number of likely N-dealkylation sites (tertiary alicyclic amines) is 1. The van der Waals surface area contributed by atoms with Crippen LogP contribution in [0.1, 0.15) is 30.9 Å². The molecule has 2 unspecified atom stereocenters. The molecule has 1 aliphatic heterocycles. The van der Waals surface area contributed by atoms with Gasteiger partial charge in [-0.15, -0.1) is 12.4 Å². The van der Waals surface area contributed by atoms with Gasteiger partial charge in [0.25, 0.3) is 0 Å². The van der Waals surface area contributed by atoms with Crippen molar-refractivity contribution in [3.05, 3.63) is 29.3 Å². The van der Waals surface area contributed by atoms with Crippen LogP contribution in [0.4, 0.5) is 0 Å². The van der Waals surface area contributed by atoms with Crippen LogP contribution < -0.4 is 4.74 Å². The van der Waals surface area contributed by atoms with E-state index in [2.05, 4.69) is 31.7 Å². The van der Waals surface area contributed by atoms with E-state index >= 15 is 0 Å². The highest BCUT2D eigenvalue weighted by molar-refractivity contribution is 5.85. The second kappa shape index (κ2) is 8.62. The molecule has 2 rings (SSSR count). The third-order valence-corrected chi connectivity index (χ3v) is 4.20. The Hall–Kier alpha value is -0.770. The van der Waals surface area contributed by atoms with Crippen molar-refractivity contribution >= 4 is 12.4 Å². The average Bonchev–Trinajstić information content (AvgIpc) is 2.40. The lowest BCUT2D eigenvalue weighted by Crippen LogP contribution is -2.41. The molecule has 0 saturated carbocycles. The number of hydrogen-bond donors (Lipinski definition) is 1. The second-order valence-electron chi connectivity index (χ2n) is 6.17. The van der Waals surface area contributed by atoms with Crippen molar-refractivity contribution in [2.75, 3.05) is 26.2 Å². The van der Waals surface area contributed by atoms with Gasteiger partial charge in [-0.25, -0.2) is 0 Å². The molecule has 120 valence electrons. The summed E-state index contributed by atoms with van der Waals surface area (Å²) >= 11 is 0. The number of aliphatic hydroxyl groups excluding tert-OH is 1. The van der Waals surface area contributed by atoms with Gasteiger partial charge in [-0.1, -0.05) is 19.1 Å². The first-order valence-electron chi connectivity index (χ1n) is 7.65. The number of aliphatic hydroxyl groups is 1. The van der Waals surface area contributed by atoms with Crippen molar-refractivity contribution in [1.82, 2.24) is 4.90 Å². The Balaban J connectivity index is 0.00000220. The Kier molecular flexibility index (Phi) is 7.50. The van der Waals surface area contributed by atoms with E-state index in [1.807, 2.05) is 12.1 Å². The van der Waals surface area contributed by atoms with Crippen molar-refractivity contribution in [2.24, 2.45) is 5.92 Å². The largest absolute Gasteiger partial charge is 0.491 e. The lowest BCUT2D eigenvalue weighted by atomic mass is 10.0. The van der Waals surface area contributed by atoms with Crippen LogP contribution in [-0.4, -0.2) is 42.4 Å². The van der Waals surface area contributed by atoms with E-state index < -0.39 is 6.10 Å². The van der Waals surface area contributed by atoms with Crippen molar-refractivity contribution in [1.29, 1.82) is 0 Å². The van der Waals surface area contributed by atoms with Gasteiger partial charge in [-0.3, -0.25) is 0 Å². The van der Waals surface area contributed by atoms with Gasteiger partial charge in [0.05, 0.1) is 0 Å². The number of ether oxygens (including phenoxy) is 1. The Morgan fingerprint density at radius 2 is 2.14 bits per heavy atom.